The van der Waals surface area contributed by atoms with E-state index in [0.29, 0.717) is 0 Å². The van der Waals surface area contributed by atoms with Crippen LogP contribution in [0.2, 0.25) is 0 Å². The highest BCUT2D eigenvalue weighted by molar-refractivity contribution is 9.10. The predicted molar refractivity (Wildman–Crippen MR) is 56.7 cm³/mol. The average molecular weight is 241 g/mol. The zero-order valence-corrected chi connectivity index (χ0v) is 9.13. The standard InChI is InChI=1S/C10H13BrN2/c11-10-4-1-3-9(12-10)5-8-13-6-2-7-13/h1,3-4H,2,5-8H2. The number of halogens is 1. The first-order valence-corrected chi connectivity index (χ1v) is 5.48. The predicted octanol–water partition coefficient (Wildman–Crippen LogP) is 2.09. The van der Waals surface area contributed by atoms with Gasteiger partial charge in [-0.3, -0.25) is 0 Å². The smallest absolute Gasteiger partial charge is 0.106 e. The second-order valence-corrected chi connectivity index (χ2v) is 4.21. The van der Waals surface area contributed by atoms with Crippen molar-refractivity contribution in [2.45, 2.75) is 12.8 Å². The summed E-state index contributed by atoms with van der Waals surface area (Å²) in [6, 6.07) is 6.10. The van der Waals surface area contributed by atoms with E-state index in [9.17, 15) is 0 Å². The Labute approximate surface area is 87.1 Å². The molecule has 1 aromatic heterocycles. The van der Waals surface area contributed by atoms with Crippen molar-refractivity contribution in [3.8, 4) is 0 Å². The van der Waals surface area contributed by atoms with Crippen LogP contribution >= 0.6 is 15.9 Å². The van der Waals surface area contributed by atoms with Crippen molar-refractivity contribution in [1.82, 2.24) is 9.88 Å². The van der Waals surface area contributed by atoms with Gasteiger partial charge in [0.15, 0.2) is 0 Å². The lowest BCUT2D eigenvalue weighted by Gasteiger charge is -2.30. The molecular weight excluding hydrogens is 228 g/mol. The second kappa shape index (κ2) is 4.20. The monoisotopic (exact) mass is 240 g/mol. The van der Waals surface area contributed by atoms with Gasteiger partial charge in [0.1, 0.15) is 4.60 Å². The largest absolute Gasteiger partial charge is 0.303 e. The highest BCUT2D eigenvalue weighted by Crippen LogP contribution is 2.09. The summed E-state index contributed by atoms with van der Waals surface area (Å²) in [4.78, 5) is 6.85. The third-order valence-corrected chi connectivity index (χ3v) is 2.85. The van der Waals surface area contributed by atoms with E-state index < -0.39 is 0 Å². The molecule has 2 rings (SSSR count). The maximum Gasteiger partial charge on any atom is 0.106 e. The number of hydrogen-bond donors (Lipinski definition) is 0. The first kappa shape index (κ1) is 9.16. The zero-order valence-electron chi connectivity index (χ0n) is 7.54. The van der Waals surface area contributed by atoms with E-state index in [0.717, 1.165) is 17.6 Å². The number of nitrogens with zero attached hydrogens (tertiary/aromatic N) is 2. The van der Waals surface area contributed by atoms with Gasteiger partial charge in [0.2, 0.25) is 0 Å². The van der Waals surface area contributed by atoms with Gasteiger partial charge in [0.05, 0.1) is 0 Å². The number of rotatable bonds is 3. The lowest BCUT2D eigenvalue weighted by Crippen LogP contribution is -2.38. The molecule has 0 aromatic carbocycles. The van der Waals surface area contributed by atoms with E-state index in [2.05, 4.69) is 31.9 Å². The third kappa shape index (κ3) is 2.51. The normalized spacial score (nSPS) is 17.0. The molecule has 1 aliphatic rings. The average Bonchev–Trinajstić information content (AvgIpc) is 2.01. The quantitative estimate of drug-likeness (QED) is 0.753. The van der Waals surface area contributed by atoms with Crippen LogP contribution in [0, 0.1) is 0 Å². The van der Waals surface area contributed by atoms with Gasteiger partial charge in [-0.05, 0) is 47.6 Å². The van der Waals surface area contributed by atoms with Crippen molar-refractivity contribution in [2.75, 3.05) is 19.6 Å². The van der Waals surface area contributed by atoms with Crippen LogP contribution < -0.4 is 0 Å². The molecular formula is C10H13BrN2. The maximum atomic E-state index is 4.39. The van der Waals surface area contributed by atoms with Crippen molar-refractivity contribution >= 4 is 15.9 Å². The molecule has 2 nitrogen and oxygen atoms in total. The molecule has 0 amide bonds. The van der Waals surface area contributed by atoms with Crippen molar-refractivity contribution < 1.29 is 0 Å². The van der Waals surface area contributed by atoms with Gasteiger partial charge in [-0.2, -0.15) is 0 Å². The van der Waals surface area contributed by atoms with E-state index >= 15 is 0 Å². The van der Waals surface area contributed by atoms with Crippen LogP contribution in [0.5, 0.6) is 0 Å². The molecule has 0 radical (unpaired) electrons. The minimum Gasteiger partial charge on any atom is -0.303 e. The minimum atomic E-state index is 0.939. The molecule has 0 atom stereocenters. The highest BCUT2D eigenvalue weighted by atomic mass is 79.9. The van der Waals surface area contributed by atoms with Gasteiger partial charge in [0, 0.05) is 18.7 Å². The summed E-state index contributed by atoms with van der Waals surface area (Å²) in [7, 11) is 0. The van der Waals surface area contributed by atoms with Crippen LogP contribution in [0.1, 0.15) is 12.1 Å². The Kier molecular flexibility index (Phi) is 2.96. The van der Waals surface area contributed by atoms with E-state index in [1.807, 2.05) is 12.1 Å². The Morgan fingerprint density at radius 2 is 2.23 bits per heavy atom. The highest BCUT2D eigenvalue weighted by Gasteiger charge is 2.12. The van der Waals surface area contributed by atoms with Crippen LogP contribution in [0.4, 0.5) is 0 Å². The number of aromatic nitrogens is 1. The summed E-state index contributed by atoms with van der Waals surface area (Å²) >= 11 is 3.38. The Morgan fingerprint density at radius 3 is 2.85 bits per heavy atom. The molecule has 0 aliphatic carbocycles. The van der Waals surface area contributed by atoms with Crippen molar-refractivity contribution in [3.63, 3.8) is 0 Å². The van der Waals surface area contributed by atoms with Crippen molar-refractivity contribution in [1.29, 1.82) is 0 Å². The molecule has 0 bridgehead atoms. The number of pyridine rings is 1. The number of hydrogen-bond acceptors (Lipinski definition) is 2. The lowest BCUT2D eigenvalue weighted by molar-refractivity contribution is 0.183. The van der Waals surface area contributed by atoms with Gasteiger partial charge < -0.3 is 4.90 Å². The van der Waals surface area contributed by atoms with Gasteiger partial charge in [-0.15, -0.1) is 0 Å². The SMILES string of the molecule is Brc1cccc(CCN2CCC2)n1. The van der Waals surface area contributed by atoms with E-state index in [1.165, 1.54) is 25.2 Å². The molecule has 70 valence electrons. The Balaban J connectivity index is 1.86. The lowest BCUT2D eigenvalue weighted by atomic mass is 10.2. The summed E-state index contributed by atoms with van der Waals surface area (Å²) in [5.41, 5.74) is 1.18. The summed E-state index contributed by atoms with van der Waals surface area (Å²) < 4.78 is 0.939. The summed E-state index contributed by atoms with van der Waals surface area (Å²) in [5.74, 6) is 0. The second-order valence-electron chi connectivity index (χ2n) is 3.40. The van der Waals surface area contributed by atoms with E-state index in [4.69, 9.17) is 0 Å². The Bertz CT molecular complexity index is 284. The van der Waals surface area contributed by atoms with E-state index in [-0.39, 0.29) is 0 Å². The molecule has 13 heavy (non-hydrogen) atoms. The van der Waals surface area contributed by atoms with Gasteiger partial charge in [0.25, 0.3) is 0 Å². The topological polar surface area (TPSA) is 16.1 Å². The van der Waals surface area contributed by atoms with Crippen molar-refractivity contribution in [2.24, 2.45) is 0 Å². The first-order valence-electron chi connectivity index (χ1n) is 4.68. The molecule has 2 heterocycles. The fourth-order valence-corrected chi connectivity index (χ4v) is 1.85. The first-order chi connectivity index (χ1) is 6.34. The summed E-state index contributed by atoms with van der Waals surface area (Å²) in [5, 5.41) is 0. The maximum absolute atomic E-state index is 4.39. The fourth-order valence-electron chi connectivity index (χ4n) is 1.47. The molecule has 3 heteroatoms. The van der Waals surface area contributed by atoms with Crippen LogP contribution in [-0.2, 0) is 6.42 Å². The fraction of sp³-hybridized carbons (Fsp3) is 0.500. The molecule has 1 aliphatic heterocycles. The van der Waals surface area contributed by atoms with Crippen LogP contribution in [0.25, 0.3) is 0 Å². The Morgan fingerprint density at radius 1 is 1.38 bits per heavy atom. The van der Waals surface area contributed by atoms with Crippen LogP contribution in [-0.4, -0.2) is 29.5 Å². The summed E-state index contributed by atoms with van der Waals surface area (Å²) in [6.07, 6.45) is 2.44. The molecule has 1 saturated heterocycles. The third-order valence-electron chi connectivity index (χ3n) is 2.41. The van der Waals surface area contributed by atoms with Gasteiger partial charge in [-0.25, -0.2) is 4.98 Å². The Hall–Kier alpha value is -0.410. The number of likely N-dealkylation sites (tertiary alicyclic amines) is 1. The molecule has 0 unspecified atom stereocenters. The van der Waals surface area contributed by atoms with Gasteiger partial charge in [-0.1, -0.05) is 6.07 Å². The summed E-state index contributed by atoms with van der Waals surface area (Å²) in [6.45, 7) is 3.70. The van der Waals surface area contributed by atoms with Gasteiger partial charge >= 0.3 is 0 Å². The molecule has 1 aromatic rings. The zero-order chi connectivity index (χ0) is 9.10. The molecule has 0 saturated carbocycles. The van der Waals surface area contributed by atoms with Crippen molar-refractivity contribution in [3.05, 3.63) is 28.5 Å². The minimum absolute atomic E-state index is 0.939. The van der Waals surface area contributed by atoms with Crippen LogP contribution in [0.3, 0.4) is 0 Å². The van der Waals surface area contributed by atoms with Crippen LogP contribution in [0.15, 0.2) is 22.8 Å². The molecule has 0 N–H and O–H groups in total. The molecule has 1 fully saturated rings. The van der Waals surface area contributed by atoms with E-state index in [1.54, 1.807) is 0 Å². The molecule has 0 spiro atoms.